The third kappa shape index (κ3) is 3.70. The standard InChI is InChI=1S/C19H23ClN2/c20-11-12-21-13-15-22(16-14-21)19(17-7-3-1-4-8-17)18-9-5-2-6-10-18/h1-10,19H,11-16H2. The largest absolute Gasteiger partial charge is 0.300 e. The van der Waals surface area contributed by atoms with Gasteiger partial charge in [-0.1, -0.05) is 60.7 Å². The van der Waals surface area contributed by atoms with Crippen molar-refractivity contribution >= 4 is 11.6 Å². The summed E-state index contributed by atoms with van der Waals surface area (Å²) in [6.45, 7) is 5.37. The maximum atomic E-state index is 5.87. The number of piperazine rings is 1. The smallest absolute Gasteiger partial charge is 0.0602 e. The Kier molecular flexibility index (Phi) is 5.49. The van der Waals surface area contributed by atoms with Crippen LogP contribution in [0.3, 0.4) is 0 Å². The molecule has 1 heterocycles. The molecule has 1 saturated heterocycles. The van der Waals surface area contributed by atoms with E-state index in [-0.39, 0.29) is 0 Å². The number of hydrogen-bond donors (Lipinski definition) is 0. The zero-order valence-electron chi connectivity index (χ0n) is 12.9. The molecule has 1 aliphatic heterocycles. The summed E-state index contributed by atoms with van der Waals surface area (Å²) in [5.41, 5.74) is 2.75. The molecule has 1 aliphatic rings. The molecule has 3 rings (SSSR count). The third-order valence-corrected chi connectivity index (χ3v) is 4.57. The normalized spacial score (nSPS) is 17.0. The van der Waals surface area contributed by atoms with Crippen molar-refractivity contribution in [3.63, 3.8) is 0 Å². The number of alkyl halides is 1. The molecule has 0 atom stereocenters. The van der Waals surface area contributed by atoms with Crippen LogP contribution in [0.1, 0.15) is 17.2 Å². The second-order valence-corrected chi connectivity index (χ2v) is 6.17. The summed E-state index contributed by atoms with van der Waals surface area (Å²) in [5, 5.41) is 0. The Bertz CT molecular complexity index is 511. The second kappa shape index (κ2) is 7.77. The predicted molar refractivity (Wildman–Crippen MR) is 93.5 cm³/mol. The van der Waals surface area contributed by atoms with Crippen molar-refractivity contribution in [2.75, 3.05) is 38.6 Å². The van der Waals surface area contributed by atoms with Gasteiger partial charge >= 0.3 is 0 Å². The van der Waals surface area contributed by atoms with Gasteiger partial charge in [0, 0.05) is 38.6 Å². The zero-order valence-corrected chi connectivity index (χ0v) is 13.6. The average molecular weight is 315 g/mol. The van der Waals surface area contributed by atoms with Crippen molar-refractivity contribution in [1.29, 1.82) is 0 Å². The van der Waals surface area contributed by atoms with Crippen LogP contribution < -0.4 is 0 Å². The number of benzene rings is 2. The Morgan fingerprint density at radius 2 is 1.27 bits per heavy atom. The van der Waals surface area contributed by atoms with E-state index in [0.29, 0.717) is 6.04 Å². The van der Waals surface area contributed by atoms with Gasteiger partial charge in [0.1, 0.15) is 0 Å². The average Bonchev–Trinajstić information content (AvgIpc) is 2.59. The summed E-state index contributed by atoms with van der Waals surface area (Å²) in [4.78, 5) is 5.05. The fourth-order valence-electron chi connectivity index (χ4n) is 3.25. The van der Waals surface area contributed by atoms with Crippen LogP contribution in [-0.4, -0.2) is 48.4 Å². The minimum atomic E-state index is 0.348. The van der Waals surface area contributed by atoms with Crippen LogP contribution in [0.4, 0.5) is 0 Å². The van der Waals surface area contributed by atoms with Gasteiger partial charge in [0.2, 0.25) is 0 Å². The summed E-state index contributed by atoms with van der Waals surface area (Å²) in [6.07, 6.45) is 0. The first-order valence-corrected chi connectivity index (χ1v) is 8.54. The highest BCUT2D eigenvalue weighted by atomic mass is 35.5. The number of halogens is 1. The molecule has 0 radical (unpaired) electrons. The highest BCUT2D eigenvalue weighted by Crippen LogP contribution is 2.29. The predicted octanol–water partition coefficient (Wildman–Crippen LogP) is 3.63. The second-order valence-electron chi connectivity index (χ2n) is 5.79. The van der Waals surface area contributed by atoms with Crippen LogP contribution in [0, 0.1) is 0 Å². The van der Waals surface area contributed by atoms with E-state index in [4.69, 9.17) is 11.6 Å². The SMILES string of the molecule is ClCCN1CCN(C(c2ccccc2)c2ccccc2)CC1. The molecule has 22 heavy (non-hydrogen) atoms. The molecule has 2 nitrogen and oxygen atoms in total. The minimum Gasteiger partial charge on any atom is -0.300 e. The molecule has 1 fully saturated rings. The number of rotatable bonds is 5. The molecule has 0 N–H and O–H groups in total. The lowest BCUT2D eigenvalue weighted by Crippen LogP contribution is -2.48. The molecule has 116 valence electrons. The molecule has 2 aromatic carbocycles. The first-order chi connectivity index (χ1) is 10.9. The molecule has 0 spiro atoms. The van der Waals surface area contributed by atoms with Gasteiger partial charge in [-0.05, 0) is 11.1 Å². The van der Waals surface area contributed by atoms with E-state index in [1.807, 2.05) is 0 Å². The quantitative estimate of drug-likeness (QED) is 0.778. The van der Waals surface area contributed by atoms with Crippen molar-refractivity contribution in [2.45, 2.75) is 6.04 Å². The van der Waals surface area contributed by atoms with Gasteiger partial charge in [-0.15, -0.1) is 11.6 Å². The molecule has 0 bridgehead atoms. The Hall–Kier alpha value is -1.35. The van der Waals surface area contributed by atoms with Gasteiger partial charge < -0.3 is 0 Å². The Labute approximate surface area is 138 Å². The topological polar surface area (TPSA) is 6.48 Å². The van der Waals surface area contributed by atoms with Crippen LogP contribution in [0.2, 0.25) is 0 Å². The maximum Gasteiger partial charge on any atom is 0.0602 e. The van der Waals surface area contributed by atoms with Crippen LogP contribution in [0.15, 0.2) is 60.7 Å². The zero-order chi connectivity index (χ0) is 15.2. The Morgan fingerprint density at radius 3 is 1.73 bits per heavy atom. The summed E-state index contributed by atoms with van der Waals surface area (Å²) < 4.78 is 0. The van der Waals surface area contributed by atoms with Gasteiger partial charge in [-0.3, -0.25) is 9.80 Å². The van der Waals surface area contributed by atoms with Crippen molar-refractivity contribution in [3.8, 4) is 0 Å². The summed E-state index contributed by atoms with van der Waals surface area (Å²) >= 11 is 5.87. The molecular formula is C19H23ClN2. The van der Waals surface area contributed by atoms with Crippen molar-refractivity contribution in [1.82, 2.24) is 9.80 Å². The van der Waals surface area contributed by atoms with E-state index in [1.54, 1.807) is 0 Å². The highest BCUT2D eigenvalue weighted by Gasteiger charge is 2.25. The summed E-state index contributed by atoms with van der Waals surface area (Å²) in [6, 6.07) is 22.0. The van der Waals surface area contributed by atoms with Gasteiger partial charge in [0.25, 0.3) is 0 Å². The molecule has 0 unspecified atom stereocenters. The van der Waals surface area contributed by atoms with Gasteiger partial charge in [0.15, 0.2) is 0 Å². The Balaban J connectivity index is 1.81. The molecule has 0 amide bonds. The lowest BCUT2D eigenvalue weighted by atomic mass is 9.96. The molecule has 0 aromatic heterocycles. The van der Waals surface area contributed by atoms with Crippen LogP contribution in [0.5, 0.6) is 0 Å². The van der Waals surface area contributed by atoms with Crippen molar-refractivity contribution in [2.24, 2.45) is 0 Å². The number of hydrogen-bond acceptors (Lipinski definition) is 2. The Morgan fingerprint density at radius 1 is 0.773 bits per heavy atom. The summed E-state index contributed by atoms with van der Waals surface area (Å²) in [5.74, 6) is 0.723. The van der Waals surface area contributed by atoms with E-state index in [1.165, 1.54) is 11.1 Å². The van der Waals surface area contributed by atoms with E-state index < -0.39 is 0 Å². The fraction of sp³-hybridized carbons (Fsp3) is 0.368. The molecule has 0 aliphatic carbocycles. The minimum absolute atomic E-state index is 0.348. The molecule has 0 saturated carbocycles. The van der Waals surface area contributed by atoms with Gasteiger partial charge in [-0.25, -0.2) is 0 Å². The maximum absolute atomic E-state index is 5.87. The van der Waals surface area contributed by atoms with Gasteiger partial charge in [-0.2, -0.15) is 0 Å². The molecule has 3 heteroatoms. The van der Waals surface area contributed by atoms with Crippen LogP contribution >= 0.6 is 11.6 Å². The van der Waals surface area contributed by atoms with Crippen LogP contribution in [-0.2, 0) is 0 Å². The van der Waals surface area contributed by atoms with Crippen molar-refractivity contribution in [3.05, 3.63) is 71.8 Å². The summed E-state index contributed by atoms with van der Waals surface area (Å²) in [7, 11) is 0. The van der Waals surface area contributed by atoms with E-state index >= 15 is 0 Å². The monoisotopic (exact) mass is 314 g/mol. The first-order valence-electron chi connectivity index (χ1n) is 8.01. The van der Waals surface area contributed by atoms with Crippen LogP contribution in [0.25, 0.3) is 0 Å². The van der Waals surface area contributed by atoms with Gasteiger partial charge in [0.05, 0.1) is 6.04 Å². The van der Waals surface area contributed by atoms with Crippen molar-refractivity contribution < 1.29 is 0 Å². The van der Waals surface area contributed by atoms with E-state index in [0.717, 1.165) is 38.6 Å². The first kappa shape index (κ1) is 15.5. The third-order valence-electron chi connectivity index (χ3n) is 4.40. The number of nitrogens with zero attached hydrogens (tertiary/aromatic N) is 2. The fourth-order valence-corrected chi connectivity index (χ4v) is 3.49. The molecular weight excluding hydrogens is 292 g/mol. The highest BCUT2D eigenvalue weighted by molar-refractivity contribution is 6.18. The van der Waals surface area contributed by atoms with E-state index in [9.17, 15) is 0 Å². The van der Waals surface area contributed by atoms with E-state index in [2.05, 4.69) is 70.5 Å². The molecule has 2 aromatic rings. The lowest BCUT2D eigenvalue weighted by molar-refractivity contribution is 0.114. The lowest BCUT2D eigenvalue weighted by Gasteiger charge is -2.39.